The van der Waals surface area contributed by atoms with Gasteiger partial charge in [0, 0.05) is 32.8 Å². The molecule has 2 atom stereocenters. The van der Waals surface area contributed by atoms with Crippen LogP contribution in [0.5, 0.6) is 0 Å². The molecule has 0 aromatic rings. The Morgan fingerprint density at radius 1 is 1.14 bits per heavy atom. The van der Waals surface area contributed by atoms with Crippen LogP contribution in [0.2, 0.25) is 0 Å². The highest BCUT2D eigenvalue weighted by Gasteiger charge is 2.26. The predicted octanol–water partition coefficient (Wildman–Crippen LogP) is 2.01. The Bertz CT molecular complexity index is 581. The highest BCUT2D eigenvalue weighted by atomic mass is 32.2. The zero-order chi connectivity index (χ0) is 17.1. The molecule has 1 aliphatic heterocycles. The molecule has 0 radical (unpaired) electrons. The molecule has 22 heavy (non-hydrogen) atoms. The smallest absolute Gasteiger partial charge is 0.253 e. The molecule has 1 rings (SSSR count). The zero-order valence-corrected chi connectivity index (χ0v) is 14.7. The van der Waals surface area contributed by atoms with Crippen molar-refractivity contribution in [3.63, 3.8) is 0 Å². The fourth-order valence-corrected chi connectivity index (χ4v) is 3.33. The van der Waals surface area contributed by atoms with E-state index >= 15 is 0 Å². The summed E-state index contributed by atoms with van der Waals surface area (Å²) in [6.45, 7) is 13.0. The van der Waals surface area contributed by atoms with Gasteiger partial charge in [-0.05, 0) is 30.4 Å². The highest BCUT2D eigenvalue weighted by Crippen LogP contribution is 2.22. The second-order valence-electron chi connectivity index (χ2n) is 6.27. The van der Waals surface area contributed by atoms with Gasteiger partial charge in [0.15, 0.2) is 0 Å². The number of likely N-dealkylation sites (tertiary alicyclic amines) is 1. The molecular formula is C16H26N2O3S. The van der Waals surface area contributed by atoms with E-state index in [0.717, 1.165) is 10.7 Å². The van der Waals surface area contributed by atoms with Gasteiger partial charge in [-0.2, -0.15) is 0 Å². The van der Waals surface area contributed by atoms with Gasteiger partial charge in [0.25, 0.3) is 5.91 Å². The largest absolute Gasteiger partial charge is 0.338 e. The van der Waals surface area contributed by atoms with Crippen LogP contribution < -0.4 is 0 Å². The maximum atomic E-state index is 12.4. The van der Waals surface area contributed by atoms with Gasteiger partial charge < -0.3 is 4.90 Å². The number of sulfonamides is 1. The van der Waals surface area contributed by atoms with Gasteiger partial charge in [-0.25, -0.2) is 12.7 Å². The van der Waals surface area contributed by atoms with Crippen LogP contribution in [0.15, 0.2) is 35.8 Å². The minimum atomic E-state index is -3.55. The molecule has 2 unspecified atom stereocenters. The molecule has 0 aliphatic carbocycles. The van der Waals surface area contributed by atoms with Crippen LogP contribution in [0.1, 0.15) is 20.3 Å². The van der Waals surface area contributed by atoms with E-state index in [0.29, 0.717) is 24.9 Å². The van der Waals surface area contributed by atoms with Crippen molar-refractivity contribution in [2.24, 2.45) is 11.8 Å². The highest BCUT2D eigenvalue weighted by molar-refractivity contribution is 7.93. The molecular weight excluding hydrogens is 300 g/mol. The second kappa shape index (κ2) is 7.24. The van der Waals surface area contributed by atoms with Crippen molar-refractivity contribution in [3.05, 3.63) is 35.8 Å². The Hall–Kier alpha value is -1.40. The number of rotatable bonds is 5. The molecule has 1 saturated heterocycles. The third-order valence-corrected chi connectivity index (χ3v) is 5.47. The summed E-state index contributed by atoms with van der Waals surface area (Å²) in [6, 6.07) is 0. The first-order chi connectivity index (χ1) is 10.1. The lowest BCUT2D eigenvalue weighted by Gasteiger charge is -2.35. The van der Waals surface area contributed by atoms with Crippen molar-refractivity contribution in [2.45, 2.75) is 20.3 Å². The van der Waals surface area contributed by atoms with Crippen molar-refractivity contribution in [1.29, 1.82) is 0 Å². The van der Waals surface area contributed by atoms with Crippen molar-refractivity contribution < 1.29 is 13.2 Å². The van der Waals surface area contributed by atoms with Gasteiger partial charge in [0.2, 0.25) is 10.0 Å². The first kappa shape index (κ1) is 18.6. The molecule has 5 nitrogen and oxygen atoms in total. The molecule has 1 amide bonds. The lowest BCUT2D eigenvalue weighted by Crippen LogP contribution is -2.42. The van der Waals surface area contributed by atoms with Gasteiger partial charge >= 0.3 is 0 Å². The topological polar surface area (TPSA) is 57.7 Å². The van der Waals surface area contributed by atoms with E-state index in [2.05, 4.69) is 27.0 Å². The molecule has 0 saturated carbocycles. The van der Waals surface area contributed by atoms with Crippen LogP contribution in [0.3, 0.4) is 0 Å². The van der Waals surface area contributed by atoms with Crippen molar-refractivity contribution >= 4 is 15.9 Å². The average Bonchev–Trinajstić information content (AvgIpc) is 2.42. The summed E-state index contributed by atoms with van der Waals surface area (Å²) in [5.74, 6) is 0.784. The van der Waals surface area contributed by atoms with Crippen LogP contribution in [0.4, 0.5) is 0 Å². The summed E-state index contributed by atoms with van der Waals surface area (Å²) in [4.78, 5) is 14.1. The number of amides is 1. The number of hydrogen-bond acceptors (Lipinski definition) is 3. The van der Waals surface area contributed by atoms with E-state index in [9.17, 15) is 13.2 Å². The maximum Gasteiger partial charge on any atom is 0.253 e. The standard InChI is InChI=1S/C16H26N2O3S/c1-12-9-13(2)11-18(10-12)16(19)14(3)7-8-15(4)22(20,21)17(5)6/h7-8,12-13H,3-4,9-11H2,1-2,5-6H3/b8-7-. The number of carbonyl (C=O) groups excluding carboxylic acids is 1. The maximum absolute atomic E-state index is 12.4. The summed E-state index contributed by atoms with van der Waals surface area (Å²) in [5.41, 5.74) is 0.274. The predicted molar refractivity (Wildman–Crippen MR) is 89.6 cm³/mol. The summed E-state index contributed by atoms with van der Waals surface area (Å²) >= 11 is 0. The average molecular weight is 326 g/mol. The van der Waals surface area contributed by atoms with E-state index in [4.69, 9.17) is 0 Å². The van der Waals surface area contributed by atoms with Crippen LogP contribution in [-0.2, 0) is 14.8 Å². The third-order valence-electron chi connectivity index (χ3n) is 3.71. The Morgan fingerprint density at radius 2 is 1.64 bits per heavy atom. The van der Waals surface area contributed by atoms with Gasteiger partial charge in [0.05, 0.1) is 4.91 Å². The van der Waals surface area contributed by atoms with Crippen LogP contribution in [0.25, 0.3) is 0 Å². The molecule has 1 fully saturated rings. The zero-order valence-electron chi connectivity index (χ0n) is 13.9. The molecule has 0 aromatic heterocycles. The summed E-state index contributed by atoms with van der Waals surface area (Å²) in [5, 5.41) is 0. The van der Waals surface area contributed by atoms with Gasteiger partial charge in [-0.15, -0.1) is 0 Å². The van der Waals surface area contributed by atoms with E-state index in [-0.39, 0.29) is 16.4 Å². The molecule has 124 valence electrons. The molecule has 1 heterocycles. The normalized spacial score (nSPS) is 23.0. The van der Waals surface area contributed by atoms with Gasteiger partial charge in [-0.3, -0.25) is 4.79 Å². The lowest BCUT2D eigenvalue weighted by atomic mass is 9.91. The Balaban J connectivity index is 2.74. The van der Waals surface area contributed by atoms with E-state index in [1.54, 1.807) is 4.90 Å². The number of piperidine rings is 1. The quantitative estimate of drug-likeness (QED) is 0.573. The van der Waals surface area contributed by atoms with E-state index in [1.807, 2.05) is 0 Å². The van der Waals surface area contributed by atoms with Crippen LogP contribution >= 0.6 is 0 Å². The van der Waals surface area contributed by atoms with Crippen molar-refractivity contribution in [1.82, 2.24) is 9.21 Å². The fourth-order valence-electron chi connectivity index (χ4n) is 2.62. The molecule has 0 aromatic carbocycles. The molecule has 0 bridgehead atoms. The summed E-state index contributed by atoms with van der Waals surface area (Å²) in [6.07, 6.45) is 3.87. The first-order valence-electron chi connectivity index (χ1n) is 7.33. The Labute approximate surface area is 134 Å². The molecule has 1 aliphatic rings. The Kier molecular flexibility index (Phi) is 6.14. The van der Waals surface area contributed by atoms with Crippen LogP contribution in [0, 0.1) is 11.8 Å². The lowest BCUT2D eigenvalue weighted by molar-refractivity contribution is -0.129. The monoisotopic (exact) mass is 326 g/mol. The minimum Gasteiger partial charge on any atom is -0.338 e. The van der Waals surface area contributed by atoms with Gasteiger partial charge in [0.1, 0.15) is 0 Å². The van der Waals surface area contributed by atoms with Crippen molar-refractivity contribution in [3.8, 4) is 0 Å². The van der Waals surface area contributed by atoms with Crippen LogP contribution in [-0.4, -0.2) is 50.7 Å². The molecule has 0 spiro atoms. The van der Waals surface area contributed by atoms with Crippen molar-refractivity contribution in [2.75, 3.05) is 27.2 Å². The minimum absolute atomic E-state index is 0.0631. The fraction of sp³-hybridized carbons (Fsp3) is 0.562. The Morgan fingerprint density at radius 3 is 2.09 bits per heavy atom. The van der Waals surface area contributed by atoms with E-state index in [1.165, 1.54) is 26.2 Å². The number of carbonyl (C=O) groups is 1. The number of hydrogen-bond donors (Lipinski definition) is 0. The summed E-state index contributed by atoms with van der Waals surface area (Å²) in [7, 11) is -0.684. The SMILES string of the molecule is C=C(/C=C\C(=C)S(=O)(=O)N(C)C)C(=O)N1CC(C)CC(C)C1. The summed E-state index contributed by atoms with van der Waals surface area (Å²) < 4.78 is 24.8. The molecule has 6 heteroatoms. The van der Waals surface area contributed by atoms with Gasteiger partial charge in [-0.1, -0.05) is 27.0 Å². The number of nitrogens with zero attached hydrogens (tertiary/aromatic N) is 2. The van der Waals surface area contributed by atoms with E-state index < -0.39 is 10.0 Å². The second-order valence-corrected chi connectivity index (χ2v) is 8.47. The number of allylic oxidation sites excluding steroid dienone is 1. The first-order valence-corrected chi connectivity index (χ1v) is 8.77. The molecule has 0 N–H and O–H groups in total. The third kappa shape index (κ3) is 4.55.